The van der Waals surface area contributed by atoms with E-state index in [4.69, 9.17) is 4.74 Å². The lowest BCUT2D eigenvalue weighted by Crippen LogP contribution is -2.27. The summed E-state index contributed by atoms with van der Waals surface area (Å²) in [5.74, 6) is 0.618. The van der Waals surface area contributed by atoms with Crippen LogP contribution in [0.5, 0.6) is 0 Å². The Morgan fingerprint density at radius 2 is 1.44 bits per heavy atom. The standard InChI is InChI=1S/C35H45F3O/c1-3-5-6-7-8-9-10-23-39-33-22-21-31(34(37)35(33)38)28-17-15-27(16-18-28)30-20-19-29(24-32(30)36)26-13-11-25(4-2)12-14-26/h4,13,15,17,19-22,25,32,34-35H,2-3,5-12,14,16,18,23-24H2,1H3. The summed E-state index contributed by atoms with van der Waals surface area (Å²) in [6.07, 6.45) is 23.3. The zero-order valence-electron chi connectivity index (χ0n) is 23.6. The van der Waals surface area contributed by atoms with E-state index in [1.54, 1.807) is 12.2 Å². The van der Waals surface area contributed by atoms with E-state index in [9.17, 15) is 4.39 Å². The Morgan fingerprint density at radius 3 is 2.08 bits per heavy atom. The summed E-state index contributed by atoms with van der Waals surface area (Å²) in [6, 6.07) is 0. The molecule has 0 aromatic rings. The third-order valence-corrected chi connectivity index (χ3v) is 8.56. The third kappa shape index (κ3) is 7.80. The Hall–Kier alpha value is -2.49. The van der Waals surface area contributed by atoms with Gasteiger partial charge in [0.2, 0.25) is 0 Å². The highest BCUT2D eigenvalue weighted by Crippen LogP contribution is 2.40. The molecular weight excluding hydrogens is 493 g/mol. The van der Waals surface area contributed by atoms with E-state index in [2.05, 4.69) is 25.7 Å². The van der Waals surface area contributed by atoms with Gasteiger partial charge in [0.1, 0.15) is 11.9 Å². The number of allylic oxidation sites excluding steroid dienone is 15. The monoisotopic (exact) mass is 538 g/mol. The number of rotatable bonds is 13. The van der Waals surface area contributed by atoms with Gasteiger partial charge in [0, 0.05) is 6.42 Å². The lowest BCUT2D eigenvalue weighted by Gasteiger charge is -2.28. The Kier molecular flexibility index (Phi) is 11.2. The van der Waals surface area contributed by atoms with Crippen molar-refractivity contribution < 1.29 is 17.9 Å². The molecule has 1 nitrogen and oxygen atoms in total. The van der Waals surface area contributed by atoms with Crippen LogP contribution in [-0.4, -0.2) is 25.1 Å². The summed E-state index contributed by atoms with van der Waals surface area (Å²) in [5.41, 5.74) is 5.18. The summed E-state index contributed by atoms with van der Waals surface area (Å²) in [7, 11) is 0. The molecule has 0 saturated heterocycles. The highest BCUT2D eigenvalue weighted by Gasteiger charge is 2.34. The Bertz CT molecular complexity index is 1080. The molecule has 0 bridgehead atoms. The van der Waals surface area contributed by atoms with Crippen LogP contribution in [0.15, 0.2) is 94.4 Å². The molecule has 0 amide bonds. The van der Waals surface area contributed by atoms with Crippen LogP contribution in [0.2, 0.25) is 0 Å². The average Bonchev–Trinajstić information content (AvgIpc) is 2.97. The molecule has 4 atom stereocenters. The molecule has 4 rings (SSSR count). The van der Waals surface area contributed by atoms with E-state index >= 15 is 8.78 Å². The van der Waals surface area contributed by atoms with Gasteiger partial charge in [0.25, 0.3) is 0 Å². The van der Waals surface area contributed by atoms with Gasteiger partial charge in [-0.2, -0.15) is 0 Å². The normalized spacial score (nSPS) is 27.3. The molecule has 4 aliphatic carbocycles. The van der Waals surface area contributed by atoms with Crippen LogP contribution < -0.4 is 0 Å². The van der Waals surface area contributed by atoms with Crippen molar-refractivity contribution in [2.24, 2.45) is 5.92 Å². The fraction of sp³-hybridized carbons (Fsp3) is 0.543. The predicted molar refractivity (Wildman–Crippen MR) is 157 cm³/mol. The topological polar surface area (TPSA) is 9.23 Å². The fourth-order valence-electron chi connectivity index (χ4n) is 6.01. The van der Waals surface area contributed by atoms with Crippen LogP contribution >= 0.6 is 0 Å². The van der Waals surface area contributed by atoms with Crippen LogP contribution in [-0.2, 0) is 4.74 Å². The second-order valence-electron chi connectivity index (χ2n) is 11.3. The molecule has 0 radical (unpaired) electrons. The quantitative estimate of drug-likeness (QED) is 0.167. The van der Waals surface area contributed by atoms with E-state index in [1.165, 1.54) is 31.3 Å². The minimum Gasteiger partial charge on any atom is -0.495 e. The van der Waals surface area contributed by atoms with Crippen molar-refractivity contribution in [2.75, 3.05) is 6.61 Å². The zero-order chi connectivity index (χ0) is 27.6. The van der Waals surface area contributed by atoms with Gasteiger partial charge in [-0.15, -0.1) is 6.58 Å². The highest BCUT2D eigenvalue weighted by molar-refractivity contribution is 5.52. The van der Waals surface area contributed by atoms with E-state index < -0.39 is 18.5 Å². The second kappa shape index (κ2) is 14.8. The van der Waals surface area contributed by atoms with E-state index in [-0.39, 0.29) is 5.76 Å². The number of halogens is 3. The largest absolute Gasteiger partial charge is 0.495 e. The molecule has 0 spiro atoms. The molecule has 0 fully saturated rings. The van der Waals surface area contributed by atoms with Gasteiger partial charge < -0.3 is 4.74 Å². The minimum atomic E-state index is -1.78. The van der Waals surface area contributed by atoms with Gasteiger partial charge in [0.15, 0.2) is 12.3 Å². The third-order valence-electron chi connectivity index (χ3n) is 8.56. The van der Waals surface area contributed by atoms with E-state index in [0.29, 0.717) is 42.9 Å². The van der Waals surface area contributed by atoms with Crippen molar-refractivity contribution >= 4 is 0 Å². The molecule has 0 saturated carbocycles. The first-order chi connectivity index (χ1) is 19.0. The highest BCUT2D eigenvalue weighted by atomic mass is 19.2. The van der Waals surface area contributed by atoms with Gasteiger partial charge in [-0.3, -0.25) is 0 Å². The zero-order valence-corrected chi connectivity index (χ0v) is 23.6. The molecule has 0 aromatic carbocycles. The maximum atomic E-state index is 15.3. The maximum Gasteiger partial charge on any atom is 0.192 e. The SMILES string of the molecule is C=CC1CC=C(C2=CC=C(C3=CC=C(C4=CC=C(OCCCCCCCCC)C(F)C4F)CC3)C(F)C2)CC1. The molecule has 4 unspecified atom stereocenters. The van der Waals surface area contributed by atoms with Crippen LogP contribution in [0.3, 0.4) is 0 Å². The van der Waals surface area contributed by atoms with E-state index in [0.717, 1.165) is 55.2 Å². The molecule has 0 N–H and O–H groups in total. The number of hydrogen-bond acceptors (Lipinski definition) is 1. The lowest BCUT2D eigenvalue weighted by atomic mass is 9.80. The second-order valence-corrected chi connectivity index (χ2v) is 11.3. The molecule has 0 aliphatic heterocycles. The van der Waals surface area contributed by atoms with Gasteiger partial charge in [-0.05, 0) is 84.0 Å². The van der Waals surface area contributed by atoms with Crippen LogP contribution in [0, 0.1) is 5.92 Å². The van der Waals surface area contributed by atoms with Crippen molar-refractivity contribution in [3.05, 3.63) is 94.4 Å². The number of ether oxygens (including phenoxy) is 1. The van der Waals surface area contributed by atoms with Gasteiger partial charge in [0.05, 0.1) is 6.61 Å². The van der Waals surface area contributed by atoms with Crippen LogP contribution in [0.25, 0.3) is 0 Å². The molecular formula is C35H45F3O. The molecule has 4 heteroatoms. The smallest absolute Gasteiger partial charge is 0.192 e. The van der Waals surface area contributed by atoms with Crippen molar-refractivity contribution in [3.8, 4) is 0 Å². The number of hydrogen-bond donors (Lipinski definition) is 0. The van der Waals surface area contributed by atoms with Crippen molar-refractivity contribution in [3.63, 3.8) is 0 Å². The molecule has 39 heavy (non-hydrogen) atoms. The first-order valence-electron chi connectivity index (χ1n) is 15.1. The molecule has 4 aliphatic rings. The Morgan fingerprint density at radius 1 is 0.769 bits per heavy atom. The van der Waals surface area contributed by atoms with Gasteiger partial charge >= 0.3 is 0 Å². The maximum absolute atomic E-state index is 15.3. The Balaban J connectivity index is 1.34. The van der Waals surface area contributed by atoms with Crippen LogP contribution in [0.4, 0.5) is 13.2 Å². The molecule has 212 valence electrons. The summed E-state index contributed by atoms with van der Waals surface area (Å²) in [4.78, 5) is 0. The molecule has 0 aromatic heterocycles. The average molecular weight is 539 g/mol. The van der Waals surface area contributed by atoms with Crippen molar-refractivity contribution in [2.45, 2.75) is 109 Å². The van der Waals surface area contributed by atoms with E-state index in [1.807, 2.05) is 24.3 Å². The van der Waals surface area contributed by atoms with Crippen molar-refractivity contribution in [1.29, 1.82) is 0 Å². The van der Waals surface area contributed by atoms with Crippen LogP contribution in [0.1, 0.15) is 90.4 Å². The summed E-state index contributed by atoms with van der Waals surface area (Å²) in [5, 5.41) is 0. The molecule has 0 heterocycles. The minimum absolute atomic E-state index is 0.0909. The van der Waals surface area contributed by atoms with Crippen molar-refractivity contribution in [1.82, 2.24) is 0 Å². The number of alkyl halides is 3. The summed E-state index contributed by atoms with van der Waals surface area (Å²) in [6.45, 7) is 6.52. The predicted octanol–water partition coefficient (Wildman–Crippen LogP) is 10.4. The van der Waals surface area contributed by atoms with Gasteiger partial charge in [-0.25, -0.2) is 13.2 Å². The Labute approximate surface area is 233 Å². The van der Waals surface area contributed by atoms with Gasteiger partial charge in [-0.1, -0.05) is 88.0 Å². The summed E-state index contributed by atoms with van der Waals surface area (Å²) < 4.78 is 50.8. The number of unbranched alkanes of at least 4 members (excludes halogenated alkanes) is 6. The first kappa shape index (κ1) is 29.5. The summed E-state index contributed by atoms with van der Waals surface area (Å²) >= 11 is 0. The lowest BCUT2D eigenvalue weighted by molar-refractivity contribution is 0.111. The first-order valence-corrected chi connectivity index (χ1v) is 15.1. The fourth-order valence-corrected chi connectivity index (χ4v) is 6.01.